The minimum atomic E-state index is -0.830. The summed E-state index contributed by atoms with van der Waals surface area (Å²) in [5.41, 5.74) is 0. The van der Waals surface area contributed by atoms with Crippen LogP contribution in [0.25, 0.3) is 0 Å². The van der Waals surface area contributed by atoms with E-state index in [-0.39, 0.29) is 6.61 Å². The lowest BCUT2D eigenvalue weighted by Gasteiger charge is -2.18. The molecule has 2 aliphatic rings. The SMILES string of the molecule is COCC(NCC1CCN(C2CC2)C1)C(=O)O. The van der Waals surface area contributed by atoms with Crippen LogP contribution < -0.4 is 5.32 Å². The minimum Gasteiger partial charge on any atom is -0.480 e. The maximum absolute atomic E-state index is 10.9. The summed E-state index contributed by atoms with van der Waals surface area (Å²) in [6.07, 6.45) is 3.88. The summed E-state index contributed by atoms with van der Waals surface area (Å²) < 4.78 is 4.90. The molecule has 1 saturated carbocycles. The summed E-state index contributed by atoms with van der Waals surface area (Å²) in [5.74, 6) is -0.238. The van der Waals surface area contributed by atoms with Crippen molar-refractivity contribution in [2.45, 2.75) is 31.3 Å². The second-order valence-electron chi connectivity index (χ2n) is 5.14. The Kier molecular flexibility index (Phi) is 4.36. The molecule has 2 unspecified atom stereocenters. The maximum atomic E-state index is 10.9. The van der Waals surface area contributed by atoms with E-state index in [0.717, 1.165) is 19.1 Å². The van der Waals surface area contributed by atoms with Gasteiger partial charge < -0.3 is 20.1 Å². The summed E-state index contributed by atoms with van der Waals surface area (Å²) in [5, 5.41) is 12.1. The molecule has 0 aromatic carbocycles. The fourth-order valence-corrected chi connectivity index (χ4v) is 2.49. The normalized spacial score (nSPS) is 27.2. The van der Waals surface area contributed by atoms with Crippen molar-refractivity contribution in [3.63, 3.8) is 0 Å². The monoisotopic (exact) mass is 242 g/mol. The Morgan fingerprint density at radius 2 is 2.29 bits per heavy atom. The number of carbonyl (C=O) groups is 1. The third kappa shape index (κ3) is 3.66. The van der Waals surface area contributed by atoms with Crippen LogP contribution in [0, 0.1) is 5.92 Å². The number of ether oxygens (including phenoxy) is 1. The summed E-state index contributed by atoms with van der Waals surface area (Å²) in [6.45, 7) is 3.31. The van der Waals surface area contributed by atoms with Gasteiger partial charge in [0.15, 0.2) is 0 Å². The molecule has 2 atom stereocenters. The molecule has 5 nitrogen and oxygen atoms in total. The molecule has 1 saturated heterocycles. The average Bonchev–Trinajstić information content (AvgIpc) is 3.04. The molecule has 0 spiro atoms. The Balaban J connectivity index is 1.68. The number of aliphatic carboxylic acids is 1. The van der Waals surface area contributed by atoms with E-state index in [1.54, 1.807) is 0 Å². The Hall–Kier alpha value is -0.650. The van der Waals surface area contributed by atoms with E-state index in [4.69, 9.17) is 9.84 Å². The van der Waals surface area contributed by atoms with Gasteiger partial charge in [-0.25, -0.2) is 0 Å². The zero-order valence-electron chi connectivity index (χ0n) is 10.4. The molecular weight excluding hydrogens is 220 g/mol. The van der Waals surface area contributed by atoms with Crippen molar-refractivity contribution in [1.29, 1.82) is 0 Å². The van der Waals surface area contributed by atoms with E-state index in [1.807, 2.05) is 0 Å². The molecule has 2 fully saturated rings. The first kappa shape index (κ1) is 12.8. The Labute approximate surface area is 102 Å². The van der Waals surface area contributed by atoms with Gasteiger partial charge in [-0.2, -0.15) is 0 Å². The van der Waals surface area contributed by atoms with Crippen molar-refractivity contribution in [2.24, 2.45) is 5.92 Å². The first-order chi connectivity index (χ1) is 8.20. The summed E-state index contributed by atoms with van der Waals surface area (Å²) in [4.78, 5) is 13.5. The molecule has 1 aliphatic heterocycles. The molecule has 1 heterocycles. The standard InChI is InChI=1S/C12H22N2O3/c1-17-8-11(12(15)16)13-6-9-4-5-14(7-9)10-2-3-10/h9-11,13H,2-8H2,1H3,(H,15,16). The number of methoxy groups -OCH3 is 1. The molecule has 2 N–H and O–H groups in total. The van der Waals surface area contributed by atoms with Gasteiger partial charge in [-0.15, -0.1) is 0 Å². The minimum absolute atomic E-state index is 0.231. The van der Waals surface area contributed by atoms with Gasteiger partial charge in [0, 0.05) is 26.2 Å². The van der Waals surface area contributed by atoms with Crippen LogP contribution in [0.4, 0.5) is 0 Å². The number of carboxylic acids is 1. The zero-order chi connectivity index (χ0) is 12.3. The Morgan fingerprint density at radius 1 is 1.53 bits per heavy atom. The van der Waals surface area contributed by atoms with Gasteiger partial charge in [0.2, 0.25) is 0 Å². The highest BCUT2D eigenvalue weighted by Crippen LogP contribution is 2.31. The summed E-state index contributed by atoms with van der Waals surface area (Å²) in [7, 11) is 1.53. The molecule has 0 bridgehead atoms. The summed E-state index contributed by atoms with van der Waals surface area (Å²) >= 11 is 0. The summed E-state index contributed by atoms with van der Waals surface area (Å²) in [6, 6.07) is 0.254. The van der Waals surface area contributed by atoms with Crippen LogP contribution in [0.1, 0.15) is 19.3 Å². The highest BCUT2D eigenvalue weighted by atomic mass is 16.5. The molecule has 17 heavy (non-hydrogen) atoms. The number of rotatable bonds is 7. The van der Waals surface area contributed by atoms with E-state index in [1.165, 1.54) is 32.9 Å². The van der Waals surface area contributed by atoms with Gasteiger partial charge in [-0.05, 0) is 31.7 Å². The van der Waals surface area contributed by atoms with Crippen LogP contribution in [-0.4, -0.2) is 61.4 Å². The lowest BCUT2D eigenvalue weighted by atomic mass is 10.1. The Morgan fingerprint density at radius 3 is 2.88 bits per heavy atom. The van der Waals surface area contributed by atoms with Crippen molar-refractivity contribution in [3.05, 3.63) is 0 Å². The van der Waals surface area contributed by atoms with Gasteiger partial charge >= 0.3 is 5.97 Å². The number of likely N-dealkylation sites (tertiary alicyclic amines) is 1. The van der Waals surface area contributed by atoms with E-state index >= 15 is 0 Å². The smallest absolute Gasteiger partial charge is 0.323 e. The first-order valence-electron chi connectivity index (χ1n) is 6.40. The van der Waals surface area contributed by atoms with Gasteiger partial charge in [0.05, 0.1) is 6.61 Å². The van der Waals surface area contributed by atoms with E-state index in [2.05, 4.69) is 10.2 Å². The number of carboxylic acid groups (broad SMARTS) is 1. The number of hydrogen-bond acceptors (Lipinski definition) is 4. The predicted octanol–water partition coefficient (Wildman–Crippen LogP) is 0.160. The first-order valence-corrected chi connectivity index (χ1v) is 6.40. The molecule has 1 aliphatic carbocycles. The van der Waals surface area contributed by atoms with E-state index < -0.39 is 12.0 Å². The van der Waals surface area contributed by atoms with Crippen LogP contribution in [0.3, 0.4) is 0 Å². The van der Waals surface area contributed by atoms with Gasteiger partial charge in [-0.3, -0.25) is 4.79 Å². The molecule has 0 aromatic rings. The third-order valence-corrected chi connectivity index (χ3v) is 3.66. The van der Waals surface area contributed by atoms with Crippen molar-refractivity contribution in [3.8, 4) is 0 Å². The maximum Gasteiger partial charge on any atom is 0.323 e. The topological polar surface area (TPSA) is 61.8 Å². The van der Waals surface area contributed by atoms with Crippen LogP contribution in [0.5, 0.6) is 0 Å². The predicted molar refractivity (Wildman–Crippen MR) is 64.0 cm³/mol. The molecule has 5 heteroatoms. The molecule has 0 amide bonds. The fourth-order valence-electron chi connectivity index (χ4n) is 2.49. The van der Waals surface area contributed by atoms with Crippen molar-refractivity contribution >= 4 is 5.97 Å². The molecule has 98 valence electrons. The zero-order valence-corrected chi connectivity index (χ0v) is 10.4. The van der Waals surface area contributed by atoms with Crippen molar-refractivity contribution < 1.29 is 14.6 Å². The quantitative estimate of drug-likeness (QED) is 0.666. The lowest BCUT2D eigenvalue weighted by molar-refractivity contribution is -0.140. The molecule has 0 aromatic heterocycles. The molecule has 0 radical (unpaired) electrons. The van der Waals surface area contributed by atoms with E-state index in [0.29, 0.717) is 5.92 Å². The van der Waals surface area contributed by atoms with Crippen LogP contribution in [0.2, 0.25) is 0 Å². The van der Waals surface area contributed by atoms with Crippen molar-refractivity contribution in [2.75, 3.05) is 33.4 Å². The van der Waals surface area contributed by atoms with Gasteiger partial charge in [0.1, 0.15) is 6.04 Å². The third-order valence-electron chi connectivity index (χ3n) is 3.66. The van der Waals surface area contributed by atoms with E-state index in [9.17, 15) is 4.79 Å². The number of hydrogen-bond donors (Lipinski definition) is 2. The molecular formula is C12H22N2O3. The van der Waals surface area contributed by atoms with Gasteiger partial charge in [-0.1, -0.05) is 0 Å². The second-order valence-corrected chi connectivity index (χ2v) is 5.14. The van der Waals surface area contributed by atoms with Crippen LogP contribution >= 0.6 is 0 Å². The largest absolute Gasteiger partial charge is 0.480 e. The second kappa shape index (κ2) is 5.80. The van der Waals surface area contributed by atoms with Crippen LogP contribution in [-0.2, 0) is 9.53 Å². The number of nitrogens with zero attached hydrogens (tertiary/aromatic N) is 1. The molecule has 2 rings (SSSR count). The van der Waals surface area contributed by atoms with Crippen LogP contribution in [0.15, 0.2) is 0 Å². The number of nitrogens with one attached hydrogen (secondary N) is 1. The van der Waals surface area contributed by atoms with Gasteiger partial charge in [0.25, 0.3) is 0 Å². The lowest BCUT2D eigenvalue weighted by Crippen LogP contribution is -2.43. The Bertz CT molecular complexity index is 268. The highest BCUT2D eigenvalue weighted by molar-refractivity contribution is 5.73. The fraction of sp³-hybridized carbons (Fsp3) is 0.917. The van der Waals surface area contributed by atoms with Crippen molar-refractivity contribution in [1.82, 2.24) is 10.2 Å². The average molecular weight is 242 g/mol. The highest BCUT2D eigenvalue weighted by Gasteiger charge is 2.34.